The number of Topliss-reactive ketones (excluding diaryl/α,β-unsaturated/α-hetero) is 1. The molecule has 1 atom stereocenters. The molecule has 1 heterocycles. The fourth-order valence-electron chi connectivity index (χ4n) is 4.36. The van der Waals surface area contributed by atoms with Gasteiger partial charge in [0.2, 0.25) is 5.78 Å². The number of nitrogens with one attached hydrogen (secondary N) is 1. The summed E-state index contributed by atoms with van der Waals surface area (Å²) in [7, 11) is 2.95. The molecule has 1 amide bonds. The Morgan fingerprint density at radius 3 is 2.38 bits per heavy atom. The number of amides is 1. The number of carbonyl (C=O) groups is 2. The predicted octanol–water partition coefficient (Wildman–Crippen LogP) is 0.867. The number of likely N-dealkylation sites (N-methyl/N-ethyl adjacent to an activating group) is 1. The van der Waals surface area contributed by atoms with Crippen LogP contribution in [-0.4, -0.2) is 62.1 Å². The summed E-state index contributed by atoms with van der Waals surface area (Å²) in [5, 5.41) is 23.7. The third kappa shape index (κ3) is 4.72. The van der Waals surface area contributed by atoms with E-state index in [9.17, 15) is 19.8 Å². The van der Waals surface area contributed by atoms with Crippen molar-refractivity contribution in [1.82, 2.24) is 4.90 Å². The van der Waals surface area contributed by atoms with Gasteiger partial charge in [0.05, 0.1) is 46.4 Å². The summed E-state index contributed by atoms with van der Waals surface area (Å²) in [5.41, 5.74) is 1.41. The van der Waals surface area contributed by atoms with Crippen LogP contribution in [0.5, 0.6) is 17.2 Å². The minimum atomic E-state index is -0.876. The molecule has 1 unspecified atom stereocenters. The van der Waals surface area contributed by atoms with Crippen LogP contribution >= 0.6 is 0 Å². The molecule has 1 saturated heterocycles. The Morgan fingerprint density at radius 1 is 1.09 bits per heavy atom. The van der Waals surface area contributed by atoms with E-state index in [1.807, 2.05) is 0 Å². The molecule has 2 aromatic rings. The van der Waals surface area contributed by atoms with Crippen molar-refractivity contribution in [3.05, 3.63) is 58.7 Å². The van der Waals surface area contributed by atoms with Crippen molar-refractivity contribution in [2.24, 2.45) is 0 Å². The molecular formula is C26H32N2O6. The van der Waals surface area contributed by atoms with E-state index in [1.54, 1.807) is 37.3 Å². The number of rotatable bonds is 9. The molecular weight excluding hydrogens is 436 g/mol. The normalized spacial score (nSPS) is 17.5. The molecule has 0 radical (unpaired) electrons. The maximum atomic E-state index is 13.7. The van der Waals surface area contributed by atoms with Gasteiger partial charge in [-0.3, -0.25) is 9.59 Å². The zero-order chi connectivity index (χ0) is 25.0. The molecule has 1 aliphatic rings. The third-order valence-corrected chi connectivity index (χ3v) is 6.43. The van der Waals surface area contributed by atoms with E-state index in [4.69, 9.17) is 9.47 Å². The van der Waals surface area contributed by atoms with Crippen molar-refractivity contribution in [2.45, 2.75) is 26.8 Å². The molecule has 1 aliphatic heterocycles. The van der Waals surface area contributed by atoms with Crippen LogP contribution in [-0.2, 0) is 9.59 Å². The number of ether oxygens (including phenoxy) is 2. The minimum absolute atomic E-state index is 0.0695. The van der Waals surface area contributed by atoms with Gasteiger partial charge in [-0.25, -0.2) is 0 Å². The van der Waals surface area contributed by atoms with Crippen LogP contribution in [0.15, 0.2) is 42.0 Å². The van der Waals surface area contributed by atoms with Crippen molar-refractivity contribution < 1.29 is 34.2 Å². The van der Waals surface area contributed by atoms with Gasteiger partial charge in [-0.05, 0) is 61.7 Å². The average Bonchev–Trinajstić information content (AvgIpc) is 3.09. The van der Waals surface area contributed by atoms with E-state index < -0.39 is 23.5 Å². The van der Waals surface area contributed by atoms with Crippen LogP contribution in [0.25, 0.3) is 5.76 Å². The molecule has 0 spiro atoms. The number of phenols is 1. The predicted molar refractivity (Wildman–Crippen MR) is 126 cm³/mol. The average molecular weight is 469 g/mol. The van der Waals surface area contributed by atoms with Crippen molar-refractivity contribution in [2.75, 3.05) is 40.4 Å². The number of ketones is 1. The number of likely N-dealkylation sites (tertiary alicyclic amines) is 1. The lowest BCUT2D eigenvalue weighted by Crippen LogP contribution is -3.12. The third-order valence-electron chi connectivity index (χ3n) is 6.43. The molecule has 34 heavy (non-hydrogen) atoms. The van der Waals surface area contributed by atoms with E-state index in [0.717, 1.165) is 13.1 Å². The number of carbonyl (C=O) groups excluding carboxylic acids is 2. The quantitative estimate of drug-likeness (QED) is 0.322. The molecule has 0 saturated carbocycles. The van der Waals surface area contributed by atoms with E-state index in [2.05, 4.69) is 13.8 Å². The minimum Gasteiger partial charge on any atom is -0.872 e. The summed E-state index contributed by atoms with van der Waals surface area (Å²) in [6.07, 6.45) is 0. The Labute approximate surface area is 200 Å². The molecule has 1 fully saturated rings. The summed E-state index contributed by atoms with van der Waals surface area (Å²) < 4.78 is 10.5. The zero-order valence-electron chi connectivity index (χ0n) is 20.3. The van der Waals surface area contributed by atoms with Crippen LogP contribution in [0, 0.1) is 6.92 Å². The second-order valence-corrected chi connectivity index (χ2v) is 8.29. The van der Waals surface area contributed by atoms with Gasteiger partial charge in [-0.15, -0.1) is 0 Å². The van der Waals surface area contributed by atoms with Gasteiger partial charge in [-0.2, -0.15) is 0 Å². The topological polar surface area (TPSA) is 104 Å². The molecule has 0 bridgehead atoms. The largest absolute Gasteiger partial charge is 0.872 e. The Morgan fingerprint density at radius 2 is 1.79 bits per heavy atom. The summed E-state index contributed by atoms with van der Waals surface area (Å²) in [4.78, 5) is 29.1. The van der Waals surface area contributed by atoms with Crippen molar-refractivity contribution in [3.8, 4) is 17.2 Å². The molecule has 8 heteroatoms. The monoisotopic (exact) mass is 468 g/mol. The number of aryl methyl sites for hydroxylation is 1. The number of benzene rings is 2. The fraction of sp³-hybridized carbons (Fsp3) is 0.385. The summed E-state index contributed by atoms with van der Waals surface area (Å²) >= 11 is 0. The van der Waals surface area contributed by atoms with Crippen LogP contribution in [0.1, 0.15) is 36.6 Å². The second-order valence-electron chi connectivity index (χ2n) is 8.29. The van der Waals surface area contributed by atoms with Gasteiger partial charge in [0.1, 0.15) is 5.75 Å². The Bertz CT molecular complexity index is 1110. The number of aromatic hydroxyl groups is 1. The SMILES string of the molecule is CC[NH+](CC)CCN1C(=O)C(=O)C(=C([O-])c2ccc(OC)cc2C)C1c1ccc(O)c(OC)c1. The standard InChI is InChI=1S/C26H32N2O6/c1-6-27(7-2)12-13-28-23(17-8-11-20(29)21(15-17)34-5)22(25(31)26(28)32)24(30)19-10-9-18(33-4)14-16(19)3/h8-11,14-15,23,29-30H,6-7,12-13H2,1-5H3. The molecule has 0 aliphatic carbocycles. The highest BCUT2D eigenvalue weighted by molar-refractivity contribution is 6.46. The van der Waals surface area contributed by atoms with E-state index in [1.165, 1.54) is 30.1 Å². The zero-order valence-corrected chi connectivity index (χ0v) is 20.3. The van der Waals surface area contributed by atoms with Gasteiger partial charge < -0.3 is 29.5 Å². The summed E-state index contributed by atoms with van der Waals surface area (Å²) in [6.45, 7) is 8.60. The van der Waals surface area contributed by atoms with E-state index in [-0.39, 0.29) is 17.1 Å². The van der Waals surface area contributed by atoms with Crippen LogP contribution in [0.3, 0.4) is 0 Å². The van der Waals surface area contributed by atoms with Crippen molar-refractivity contribution in [1.29, 1.82) is 0 Å². The number of hydrogen-bond donors (Lipinski definition) is 2. The van der Waals surface area contributed by atoms with Gasteiger partial charge in [0.15, 0.2) is 11.5 Å². The first-order valence-corrected chi connectivity index (χ1v) is 11.4. The van der Waals surface area contributed by atoms with Gasteiger partial charge in [-0.1, -0.05) is 17.9 Å². The first-order valence-electron chi connectivity index (χ1n) is 11.4. The first kappa shape index (κ1) is 25.1. The number of nitrogens with zero attached hydrogens (tertiary/aromatic N) is 1. The van der Waals surface area contributed by atoms with Gasteiger partial charge in [0.25, 0.3) is 5.91 Å². The number of methoxy groups -OCH3 is 2. The molecule has 182 valence electrons. The van der Waals surface area contributed by atoms with E-state index in [0.29, 0.717) is 35.5 Å². The van der Waals surface area contributed by atoms with E-state index >= 15 is 0 Å². The lowest BCUT2D eigenvalue weighted by molar-refractivity contribution is -0.895. The molecule has 3 rings (SSSR count). The summed E-state index contributed by atoms with van der Waals surface area (Å²) in [6, 6.07) is 8.72. The number of phenolic OH excluding ortho intramolecular Hbond substituents is 1. The van der Waals surface area contributed by atoms with Crippen molar-refractivity contribution >= 4 is 17.4 Å². The Kier molecular flexibility index (Phi) is 7.83. The highest BCUT2D eigenvalue weighted by Gasteiger charge is 2.44. The number of hydrogen-bond acceptors (Lipinski definition) is 6. The lowest BCUT2D eigenvalue weighted by Gasteiger charge is -2.29. The molecule has 8 nitrogen and oxygen atoms in total. The maximum Gasteiger partial charge on any atom is 0.295 e. The van der Waals surface area contributed by atoms with Crippen LogP contribution < -0.4 is 19.5 Å². The second kappa shape index (κ2) is 10.6. The highest BCUT2D eigenvalue weighted by Crippen LogP contribution is 2.41. The van der Waals surface area contributed by atoms with Crippen LogP contribution in [0.2, 0.25) is 0 Å². The summed E-state index contributed by atoms with van der Waals surface area (Å²) in [5.74, 6) is -1.26. The number of quaternary nitrogens is 1. The molecule has 2 N–H and O–H groups in total. The van der Waals surface area contributed by atoms with Crippen LogP contribution in [0.4, 0.5) is 0 Å². The lowest BCUT2D eigenvalue weighted by atomic mass is 9.93. The van der Waals surface area contributed by atoms with Crippen molar-refractivity contribution in [3.63, 3.8) is 0 Å². The Hall–Kier alpha value is -3.52. The fourth-order valence-corrected chi connectivity index (χ4v) is 4.36. The maximum absolute atomic E-state index is 13.7. The first-order chi connectivity index (χ1) is 16.3. The Balaban J connectivity index is 2.17. The smallest absolute Gasteiger partial charge is 0.295 e. The highest BCUT2D eigenvalue weighted by atomic mass is 16.5. The molecule has 0 aromatic heterocycles. The molecule has 2 aromatic carbocycles. The van der Waals surface area contributed by atoms with Gasteiger partial charge in [0, 0.05) is 5.57 Å². The van der Waals surface area contributed by atoms with Gasteiger partial charge >= 0.3 is 0 Å².